The molecular formula is C21H25N3O5. The van der Waals surface area contributed by atoms with Crippen molar-refractivity contribution in [2.45, 2.75) is 51.1 Å². The number of piperidine rings is 1. The summed E-state index contributed by atoms with van der Waals surface area (Å²) in [6.07, 6.45) is 3.85. The Morgan fingerprint density at radius 2 is 1.90 bits per heavy atom. The molecular weight excluding hydrogens is 374 g/mol. The van der Waals surface area contributed by atoms with Gasteiger partial charge in [0.1, 0.15) is 6.04 Å². The van der Waals surface area contributed by atoms with Crippen LogP contribution >= 0.6 is 0 Å². The number of carbonyl (C=O) groups is 4. The van der Waals surface area contributed by atoms with Gasteiger partial charge in [-0.15, -0.1) is 0 Å². The molecule has 2 aliphatic heterocycles. The van der Waals surface area contributed by atoms with E-state index < -0.39 is 17.9 Å². The van der Waals surface area contributed by atoms with E-state index >= 15 is 0 Å². The average molecular weight is 399 g/mol. The highest BCUT2D eigenvalue weighted by molar-refractivity contribution is 6.05. The van der Waals surface area contributed by atoms with Crippen LogP contribution in [0.5, 0.6) is 0 Å². The number of hydrogen-bond donors (Lipinski definition) is 3. The minimum absolute atomic E-state index is 0.173. The summed E-state index contributed by atoms with van der Waals surface area (Å²) >= 11 is 0. The maximum absolute atomic E-state index is 12.7. The molecule has 0 aromatic heterocycles. The number of anilines is 1. The number of amides is 3. The lowest BCUT2D eigenvalue weighted by Crippen LogP contribution is -2.52. The lowest BCUT2D eigenvalue weighted by atomic mass is 9.82. The Morgan fingerprint density at radius 1 is 1.14 bits per heavy atom. The largest absolute Gasteiger partial charge is 0.481 e. The van der Waals surface area contributed by atoms with Crippen LogP contribution in [0.3, 0.4) is 0 Å². The van der Waals surface area contributed by atoms with Gasteiger partial charge in [0.2, 0.25) is 11.8 Å². The number of carboxylic acids is 1. The van der Waals surface area contributed by atoms with Crippen molar-refractivity contribution >= 4 is 29.4 Å². The molecule has 1 atom stereocenters. The zero-order valence-electron chi connectivity index (χ0n) is 16.1. The van der Waals surface area contributed by atoms with E-state index in [2.05, 4.69) is 10.6 Å². The van der Waals surface area contributed by atoms with Gasteiger partial charge in [0.15, 0.2) is 0 Å². The molecule has 3 amide bonds. The summed E-state index contributed by atoms with van der Waals surface area (Å²) in [5, 5.41) is 14.8. The van der Waals surface area contributed by atoms with Crippen molar-refractivity contribution in [1.82, 2.24) is 10.2 Å². The summed E-state index contributed by atoms with van der Waals surface area (Å²) in [6.45, 7) is 1.13. The second kappa shape index (κ2) is 7.85. The minimum atomic E-state index is -0.694. The highest BCUT2D eigenvalue weighted by Crippen LogP contribution is 2.31. The van der Waals surface area contributed by atoms with E-state index in [-0.39, 0.29) is 24.2 Å². The Balaban J connectivity index is 1.36. The Bertz CT molecular complexity index is 860. The molecule has 29 heavy (non-hydrogen) atoms. The van der Waals surface area contributed by atoms with E-state index in [9.17, 15) is 19.2 Å². The molecule has 154 valence electrons. The monoisotopic (exact) mass is 399 g/mol. The highest BCUT2D eigenvalue weighted by atomic mass is 16.4. The van der Waals surface area contributed by atoms with Crippen molar-refractivity contribution in [2.75, 3.05) is 11.9 Å². The molecule has 1 unspecified atom stereocenters. The van der Waals surface area contributed by atoms with Crippen molar-refractivity contribution in [3.8, 4) is 0 Å². The van der Waals surface area contributed by atoms with Crippen LogP contribution in [0.4, 0.5) is 5.69 Å². The maximum atomic E-state index is 12.7. The van der Waals surface area contributed by atoms with Crippen molar-refractivity contribution in [3.05, 3.63) is 29.3 Å². The lowest BCUT2D eigenvalue weighted by molar-refractivity contribution is -0.143. The average Bonchev–Trinajstić information content (AvgIpc) is 3.02. The number of carbonyl (C=O) groups excluding carboxylic acids is 3. The van der Waals surface area contributed by atoms with E-state index in [1.165, 1.54) is 0 Å². The molecule has 2 heterocycles. The predicted octanol–water partition coefficient (Wildman–Crippen LogP) is 1.75. The topological polar surface area (TPSA) is 116 Å². The lowest BCUT2D eigenvalue weighted by Gasteiger charge is -2.29. The second-order valence-electron chi connectivity index (χ2n) is 8.21. The van der Waals surface area contributed by atoms with Gasteiger partial charge in [0.25, 0.3) is 5.91 Å². The van der Waals surface area contributed by atoms with Crippen LogP contribution in [-0.2, 0) is 20.9 Å². The first-order valence-electron chi connectivity index (χ1n) is 10.2. The van der Waals surface area contributed by atoms with Crippen LogP contribution in [0.1, 0.15) is 54.4 Å². The molecule has 1 saturated carbocycles. The number of aliphatic carboxylic acids is 1. The van der Waals surface area contributed by atoms with Gasteiger partial charge in [-0.1, -0.05) is 0 Å². The molecule has 0 spiro atoms. The zero-order chi connectivity index (χ0) is 20.5. The predicted molar refractivity (Wildman–Crippen MR) is 104 cm³/mol. The minimum Gasteiger partial charge on any atom is -0.481 e. The van der Waals surface area contributed by atoms with Crippen LogP contribution in [-0.4, -0.2) is 46.3 Å². The second-order valence-corrected chi connectivity index (χ2v) is 8.21. The fourth-order valence-corrected chi connectivity index (χ4v) is 4.56. The molecule has 0 radical (unpaired) electrons. The smallest absolute Gasteiger partial charge is 0.306 e. The first-order valence-corrected chi connectivity index (χ1v) is 10.2. The van der Waals surface area contributed by atoms with Gasteiger partial charge < -0.3 is 15.3 Å². The van der Waals surface area contributed by atoms with E-state index in [1.54, 1.807) is 11.0 Å². The zero-order valence-corrected chi connectivity index (χ0v) is 16.1. The molecule has 2 fully saturated rings. The number of benzene rings is 1. The summed E-state index contributed by atoms with van der Waals surface area (Å²) in [5.41, 5.74) is 2.39. The third kappa shape index (κ3) is 3.97. The van der Waals surface area contributed by atoms with Crippen LogP contribution in [0, 0.1) is 11.8 Å². The summed E-state index contributed by atoms with van der Waals surface area (Å²) in [7, 11) is 0. The maximum Gasteiger partial charge on any atom is 0.306 e. The molecule has 8 heteroatoms. The molecule has 3 aliphatic rings. The van der Waals surface area contributed by atoms with Crippen molar-refractivity contribution in [3.63, 3.8) is 0 Å². The van der Waals surface area contributed by atoms with Crippen molar-refractivity contribution in [1.29, 1.82) is 0 Å². The van der Waals surface area contributed by atoms with Gasteiger partial charge >= 0.3 is 5.97 Å². The van der Waals surface area contributed by atoms with Crippen molar-refractivity contribution in [2.24, 2.45) is 11.8 Å². The summed E-state index contributed by atoms with van der Waals surface area (Å²) < 4.78 is 0. The third-order valence-corrected chi connectivity index (χ3v) is 6.31. The van der Waals surface area contributed by atoms with Gasteiger partial charge in [0.05, 0.1) is 5.92 Å². The van der Waals surface area contributed by atoms with E-state index in [4.69, 9.17) is 5.11 Å². The Hall–Kier alpha value is -2.90. The van der Waals surface area contributed by atoms with Gasteiger partial charge in [-0.2, -0.15) is 0 Å². The molecule has 1 aromatic rings. The van der Waals surface area contributed by atoms with Gasteiger partial charge in [-0.05, 0) is 61.8 Å². The number of nitrogens with zero attached hydrogens (tertiary/aromatic N) is 1. The molecule has 1 aromatic carbocycles. The van der Waals surface area contributed by atoms with Crippen LogP contribution in [0.25, 0.3) is 0 Å². The van der Waals surface area contributed by atoms with Gasteiger partial charge in [-0.3, -0.25) is 24.5 Å². The fourth-order valence-electron chi connectivity index (χ4n) is 4.56. The number of carboxylic acid groups (broad SMARTS) is 1. The van der Waals surface area contributed by atoms with E-state index in [0.717, 1.165) is 43.5 Å². The number of fused-ring (bicyclic) bond motifs is 1. The first-order chi connectivity index (χ1) is 13.9. The summed E-state index contributed by atoms with van der Waals surface area (Å²) in [5.74, 6) is -1.33. The Morgan fingerprint density at radius 3 is 2.59 bits per heavy atom. The third-order valence-electron chi connectivity index (χ3n) is 6.31. The molecule has 1 saturated heterocycles. The molecule has 0 bridgehead atoms. The normalized spacial score (nSPS) is 26.8. The standard InChI is InChI=1S/C21H25N3O5/c25-18-8-7-17(19(26)23-18)24-11-14-9-15(5-6-16(14)20(24)27)22-10-12-1-3-13(4-2-12)21(28)29/h5-6,9,12-13,17,22H,1-4,7-8,10-11H2,(H,28,29)(H,23,25,26). The first kappa shape index (κ1) is 19.4. The number of rotatable bonds is 5. The van der Waals surface area contributed by atoms with Crippen LogP contribution in [0.15, 0.2) is 18.2 Å². The Labute approximate surface area is 168 Å². The van der Waals surface area contributed by atoms with E-state index in [1.807, 2.05) is 12.1 Å². The number of nitrogens with one attached hydrogen (secondary N) is 2. The van der Waals surface area contributed by atoms with Gasteiger partial charge in [-0.25, -0.2) is 0 Å². The number of imide groups is 1. The summed E-state index contributed by atoms with van der Waals surface area (Å²) in [4.78, 5) is 48.8. The SMILES string of the molecule is O=C1CCC(N2Cc3cc(NCC4CCC(C(=O)O)CC4)ccc3C2=O)C(=O)N1. The molecule has 8 nitrogen and oxygen atoms in total. The van der Waals surface area contributed by atoms with Gasteiger partial charge in [0, 0.05) is 30.8 Å². The fraction of sp³-hybridized carbons (Fsp3) is 0.524. The van der Waals surface area contributed by atoms with E-state index in [0.29, 0.717) is 24.4 Å². The quantitative estimate of drug-likeness (QED) is 0.650. The molecule has 1 aliphatic carbocycles. The molecule has 4 rings (SSSR count). The number of hydrogen-bond acceptors (Lipinski definition) is 5. The summed E-state index contributed by atoms with van der Waals surface area (Å²) in [6, 6.07) is 5.00. The van der Waals surface area contributed by atoms with Crippen molar-refractivity contribution < 1.29 is 24.3 Å². The Kier molecular flexibility index (Phi) is 5.25. The van der Waals surface area contributed by atoms with Crippen LogP contribution < -0.4 is 10.6 Å². The highest BCUT2D eigenvalue weighted by Gasteiger charge is 2.39. The molecule has 3 N–H and O–H groups in total. The van der Waals surface area contributed by atoms with Crippen LogP contribution in [0.2, 0.25) is 0 Å².